The monoisotopic (exact) mass is 232 g/mol. The molecule has 90 valence electrons. The minimum atomic E-state index is -0.0866. The summed E-state index contributed by atoms with van der Waals surface area (Å²) in [5.41, 5.74) is 3.08. The van der Waals surface area contributed by atoms with Gasteiger partial charge in [-0.1, -0.05) is 6.07 Å². The maximum Gasteiger partial charge on any atom is 0.231 e. The SMILES string of the molecule is Cc1ccc2c(c1)NC1CCOCC1C(=O)N2. The second kappa shape index (κ2) is 4.04. The number of fused-ring (bicyclic) bond motifs is 2. The predicted octanol–water partition coefficient (Wildman–Crippen LogP) is 1.76. The number of nitrogens with one attached hydrogen (secondary N) is 2. The molecule has 2 aliphatic heterocycles. The Morgan fingerprint density at radius 2 is 2.24 bits per heavy atom. The summed E-state index contributed by atoms with van der Waals surface area (Å²) in [5.74, 6) is -0.0266. The highest BCUT2D eigenvalue weighted by Gasteiger charge is 2.34. The molecule has 4 nitrogen and oxygen atoms in total. The molecule has 2 N–H and O–H groups in total. The van der Waals surface area contributed by atoms with Crippen molar-refractivity contribution in [1.29, 1.82) is 0 Å². The maximum absolute atomic E-state index is 12.1. The second-order valence-electron chi connectivity index (χ2n) is 4.76. The highest BCUT2D eigenvalue weighted by atomic mass is 16.5. The average molecular weight is 232 g/mol. The topological polar surface area (TPSA) is 50.4 Å². The van der Waals surface area contributed by atoms with Crippen molar-refractivity contribution in [3.8, 4) is 0 Å². The number of rotatable bonds is 0. The van der Waals surface area contributed by atoms with Crippen LogP contribution in [0.5, 0.6) is 0 Å². The number of carbonyl (C=O) groups is 1. The van der Waals surface area contributed by atoms with E-state index in [0.717, 1.165) is 24.4 Å². The van der Waals surface area contributed by atoms with Gasteiger partial charge < -0.3 is 15.4 Å². The van der Waals surface area contributed by atoms with Gasteiger partial charge in [-0.15, -0.1) is 0 Å². The fourth-order valence-corrected chi connectivity index (χ4v) is 2.48. The fraction of sp³-hybridized carbons (Fsp3) is 0.462. The predicted molar refractivity (Wildman–Crippen MR) is 66.1 cm³/mol. The van der Waals surface area contributed by atoms with E-state index in [0.29, 0.717) is 6.61 Å². The quantitative estimate of drug-likeness (QED) is 0.716. The summed E-state index contributed by atoms with van der Waals surface area (Å²) in [6, 6.07) is 6.22. The molecular weight excluding hydrogens is 216 g/mol. The van der Waals surface area contributed by atoms with Gasteiger partial charge in [0.05, 0.1) is 23.9 Å². The first-order valence-corrected chi connectivity index (χ1v) is 6.00. The minimum Gasteiger partial charge on any atom is -0.380 e. The van der Waals surface area contributed by atoms with E-state index in [1.807, 2.05) is 12.1 Å². The molecule has 2 aliphatic rings. The van der Waals surface area contributed by atoms with E-state index in [1.54, 1.807) is 0 Å². The first-order valence-electron chi connectivity index (χ1n) is 6.00. The maximum atomic E-state index is 12.1. The Balaban J connectivity index is 1.98. The molecule has 0 saturated carbocycles. The summed E-state index contributed by atoms with van der Waals surface area (Å²) < 4.78 is 5.39. The van der Waals surface area contributed by atoms with Crippen molar-refractivity contribution in [1.82, 2.24) is 0 Å². The van der Waals surface area contributed by atoms with Crippen molar-refractivity contribution in [2.24, 2.45) is 5.92 Å². The van der Waals surface area contributed by atoms with E-state index >= 15 is 0 Å². The zero-order valence-corrected chi connectivity index (χ0v) is 9.82. The zero-order valence-electron chi connectivity index (χ0n) is 9.82. The zero-order chi connectivity index (χ0) is 11.8. The van der Waals surface area contributed by atoms with Crippen LogP contribution in [-0.2, 0) is 9.53 Å². The van der Waals surface area contributed by atoms with E-state index in [4.69, 9.17) is 4.74 Å². The van der Waals surface area contributed by atoms with E-state index in [2.05, 4.69) is 23.6 Å². The van der Waals surface area contributed by atoms with E-state index in [1.165, 1.54) is 5.56 Å². The third-order valence-corrected chi connectivity index (χ3v) is 3.47. The Kier molecular flexibility index (Phi) is 2.52. The molecule has 4 heteroatoms. The second-order valence-corrected chi connectivity index (χ2v) is 4.76. The largest absolute Gasteiger partial charge is 0.380 e. The first kappa shape index (κ1) is 10.6. The van der Waals surface area contributed by atoms with Crippen molar-refractivity contribution in [2.45, 2.75) is 19.4 Å². The summed E-state index contributed by atoms with van der Waals surface area (Å²) in [5, 5.41) is 6.44. The van der Waals surface area contributed by atoms with Gasteiger partial charge in [0.1, 0.15) is 0 Å². The van der Waals surface area contributed by atoms with Gasteiger partial charge in [-0.25, -0.2) is 0 Å². The number of amides is 1. The Morgan fingerprint density at radius 1 is 1.35 bits per heavy atom. The van der Waals surface area contributed by atoms with Crippen LogP contribution >= 0.6 is 0 Å². The van der Waals surface area contributed by atoms with Gasteiger partial charge >= 0.3 is 0 Å². The summed E-state index contributed by atoms with van der Waals surface area (Å²) in [6.07, 6.45) is 0.880. The van der Waals surface area contributed by atoms with E-state index < -0.39 is 0 Å². The molecule has 17 heavy (non-hydrogen) atoms. The molecule has 0 bridgehead atoms. The van der Waals surface area contributed by atoms with Gasteiger partial charge in [0.2, 0.25) is 5.91 Å². The van der Waals surface area contributed by atoms with Crippen molar-refractivity contribution < 1.29 is 9.53 Å². The van der Waals surface area contributed by atoms with Crippen molar-refractivity contribution >= 4 is 17.3 Å². The third kappa shape index (κ3) is 1.89. The fourth-order valence-electron chi connectivity index (χ4n) is 2.48. The number of aryl methyl sites for hydroxylation is 1. The molecule has 1 fully saturated rings. The number of carbonyl (C=O) groups excluding carboxylic acids is 1. The molecule has 0 radical (unpaired) electrons. The van der Waals surface area contributed by atoms with E-state index in [-0.39, 0.29) is 17.9 Å². The normalized spacial score (nSPS) is 27.2. The number of hydrogen-bond donors (Lipinski definition) is 2. The van der Waals surface area contributed by atoms with Crippen molar-refractivity contribution in [2.75, 3.05) is 23.8 Å². The molecule has 1 amide bonds. The van der Waals surface area contributed by atoms with Crippen molar-refractivity contribution in [3.05, 3.63) is 23.8 Å². The van der Waals surface area contributed by atoms with Gasteiger partial charge in [0.25, 0.3) is 0 Å². The Morgan fingerprint density at radius 3 is 3.12 bits per heavy atom. The van der Waals surface area contributed by atoms with Crippen LogP contribution in [-0.4, -0.2) is 25.2 Å². The first-order chi connectivity index (χ1) is 8.24. The van der Waals surface area contributed by atoms with Gasteiger partial charge in [0.15, 0.2) is 0 Å². The summed E-state index contributed by atoms with van der Waals surface area (Å²) in [6.45, 7) is 3.29. The van der Waals surface area contributed by atoms with Gasteiger partial charge in [0, 0.05) is 12.6 Å². The summed E-state index contributed by atoms with van der Waals surface area (Å²) in [7, 11) is 0. The molecule has 0 spiro atoms. The molecule has 1 saturated heterocycles. The Bertz CT molecular complexity index is 459. The highest BCUT2D eigenvalue weighted by Crippen LogP contribution is 2.31. The van der Waals surface area contributed by atoms with Crippen LogP contribution in [0.4, 0.5) is 11.4 Å². The highest BCUT2D eigenvalue weighted by molar-refractivity contribution is 5.98. The Labute approximate surface area is 100 Å². The molecule has 3 rings (SSSR count). The van der Waals surface area contributed by atoms with Crippen molar-refractivity contribution in [3.63, 3.8) is 0 Å². The third-order valence-electron chi connectivity index (χ3n) is 3.47. The smallest absolute Gasteiger partial charge is 0.231 e. The number of hydrogen-bond acceptors (Lipinski definition) is 3. The summed E-state index contributed by atoms with van der Waals surface area (Å²) >= 11 is 0. The lowest BCUT2D eigenvalue weighted by molar-refractivity contribution is -0.124. The molecule has 0 aliphatic carbocycles. The van der Waals surface area contributed by atoms with Crippen LogP contribution in [0.15, 0.2) is 18.2 Å². The van der Waals surface area contributed by atoms with Gasteiger partial charge in [-0.2, -0.15) is 0 Å². The van der Waals surface area contributed by atoms with Crippen LogP contribution in [0, 0.1) is 12.8 Å². The van der Waals surface area contributed by atoms with Gasteiger partial charge in [-0.05, 0) is 31.0 Å². The van der Waals surface area contributed by atoms with Crippen LogP contribution in [0.3, 0.4) is 0 Å². The average Bonchev–Trinajstić information content (AvgIpc) is 2.46. The number of ether oxygens (including phenoxy) is 1. The molecule has 2 heterocycles. The molecule has 2 unspecified atom stereocenters. The van der Waals surface area contributed by atoms with Crippen LogP contribution < -0.4 is 10.6 Å². The van der Waals surface area contributed by atoms with E-state index in [9.17, 15) is 4.79 Å². The van der Waals surface area contributed by atoms with Crippen LogP contribution in [0.25, 0.3) is 0 Å². The lowest BCUT2D eigenvalue weighted by Gasteiger charge is -2.29. The van der Waals surface area contributed by atoms with Crippen LogP contribution in [0.2, 0.25) is 0 Å². The molecular formula is C13H16N2O2. The summed E-state index contributed by atoms with van der Waals surface area (Å²) in [4.78, 5) is 12.1. The molecule has 2 atom stereocenters. The minimum absolute atomic E-state index is 0.0600. The standard InChI is InChI=1S/C13H16N2O2/c1-8-2-3-11-12(6-8)14-10-4-5-17-7-9(10)13(16)15-11/h2-3,6,9-10,14H,4-5,7H2,1H3,(H,15,16). The van der Waals surface area contributed by atoms with Gasteiger partial charge in [-0.3, -0.25) is 4.79 Å². The number of benzene rings is 1. The molecule has 1 aromatic rings. The lowest BCUT2D eigenvalue weighted by Crippen LogP contribution is -2.42. The Hall–Kier alpha value is -1.55. The van der Waals surface area contributed by atoms with Crippen LogP contribution in [0.1, 0.15) is 12.0 Å². The molecule has 1 aromatic carbocycles. The lowest BCUT2D eigenvalue weighted by atomic mass is 9.95. The number of anilines is 2. The molecule has 0 aromatic heterocycles.